The van der Waals surface area contributed by atoms with E-state index in [1.54, 1.807) is 0 Å². The van der Waals surface area contributed by atoms with Gasteiger partial charge in [-0.3, -0.25) is 9.59 Å². The van der Waals surface area contributed by atoms with Gasteiger partial charge in [-0.15, -0.1) is 0 Å². The second-order valence-corrected chi connectivity index (χ2v) is 5.71. The molecule has 2 aromatic rings. The van der Waals surface area contributed by atoms with Crippen LogP contribution >= 0.6 is 11.6 Å². The first kappa shape index (κ1) is 17.8. The first-order chi connectivity index (χ1) is 11.5. The van der Waals surface area contributed by atoms with Gasteiger partial charge in [-0.2, -0.15) is 0 Å². The van der Waals surface area contributed by atoms with Crippen molar-refractivity contribution in [3.63, 3.8) is 0 Å². The van der Waals surface area contributed by atoms with Crippen LogP contribution < -0.4 is 5.32 Å². The molecule has 0 saturated heterocycles. The van der Waals surface area contributed by atoms with Crippen LogP contribution in [0.15, 0.2) is 60.7 Å². The van der Waals surface area contributed by atoms with Crippen LogP contribution in [0.4, 0.5) is 0 Å². The Kier molecular flexibility index (Phi) is 6.58. The zero-order chi connectivity index (χ0) is 17.4. The van der Waals surface area contributed by atoms with E-state index in [0.717, 1.165) is 23.1 Å². The van der Waals surface area contributed by atoms with Crippen molar-refractivity contribution in [2.45, 2.75) is 12.8 Å². The number of hydrogen-bond acceptors (Lipinski definition) is 2. The van der Waals surface area contributed by atoms with Gasteiger partial charge >= 0.3 is 5.97 Å². The second-order valence-electron chi connectivity index (χ2n) is 5.27. The molecule has 0 aliphatic carbocycles. The van der Waals surface area contributed by atoms with Crippen LogP contribution in [0.5, 0.6) is 0 Å². The molecule has 2 aromatic carbocycles. The third-order valence-corrected chi connectivity index (χ3v) is 3.71. The minimum atomic E-state index is -1.07. The molecule has 0 spiro atoms. The van der Waals surface area contributed by atoms with Crippen LogP contribution in [0.25, 0.3) is 5.57 Å². The highest BCUT2D eigenvalue weighted by Gasteiger charge is 2.07. The number of aryl methyl sites for hydroxylation is 1. The summed E-state index contributed by atoms with van der Waals surface area (Å²) in [6.45, 7) is -0.394. The lowest BCUT2D eigenvalue weighted by atomic mass is 9.98. The number of carbonyl (C=O) groups excluding carboxylic acids is 1. The van der Waals surface area contributed by atoms with Crippen LogP contribution in [-0.2, 0) is 16.0 Å². The molecule has 0 fully saturated rings. The molecule has 124 valence electrons. The maximum atomic E-state index is 11.9. The molecular formula is C19H18ClNO3. The molecule has 0 radical (unpaired) electrons. The standard InChI is InChI=1S/C19H18ClNO3/c20-17-10-7-14(8-11-17)6-9-16(15-4-2-1-3-5-15)12-18(22)21-13-19(23)24/h1-5,7-8,10-12H,6,9,13H2,(H,21,22)(H,23,24)/b16-12-. The maximum Gasteiger partial charge on any atom is 0.322 e. The third-order valence-electron chi connectivity index (χ3n) is 3.46. The molecule has 0 bridgehead atoms. The Morgan fingerprint density at radius 1 is 1.04 bits per heavy atom. The Morgan fingerprint density at radius 2 is 1.71 bits per heavy atom. The van der Waals surface area contributed by atoms with Gasteiger partial charge in [-0.05, 0) is 41.7 Å². The zero-order valence-electron chi connectivity index (χ0n) is 13.0. The molecule has 1 amide bonds. The van der Waals surface area contributed by atoms with Gasteiger partial charge in [-0.1, -0.05) is 54.1 Å². The number of amides is 1. The summed E-state index contributed by atoms with van der Waals surface area (Å²) < 4.78 is 0. The number of carbonyl (C=O) groups is 2. The average molecular weight is 344 g/mol. The van der Waals surface area contributed by atoms with E-state index in [2.05, 4.69) is 5.32 Å². The largest absolute Gasteiger partial charge is 0.480 e. The smallest absolute Gasteiger partial charge is 0.322 e. The minimum Gasteiger partial charge on any atom is -0.480 e. The fourth-order valence-corrected chi connectivity index (χ4v) is 2.38. The van der Waals surface area contributed by atoms with Gasteiger partial charge in [-0.25, -0.2) is 0 Å². The van der Waals surface area contributed by atoms with Crippen molar-refractivity contribution in [2.75, 3.05) is 6.54 Å². The van der Waals surface area contributed by atoms with Gasteiger partial charge in [0, 0.05) is 11.1 Å². The first-order valence-electron chi connectivity index (χ1n) is 7.54. The number of rotatable bonds is 7. The van der Waals surface area contributed by atoms with E-state index in [-0.39, 0.29) is 0 Å². The van der Waals surface area contributed by atoms with Crippen molar-refractivity contribution < 1.29 is 14.7 Å². The molecule has 0 heterocycles. The van der Waals surface area contributed by atoms with E-state index in [9.17, 15) is 9.59 Å². The van der Waals surface area contributed by atoms with Gasteiger partial charge in [0.05, 0.1) is 0 Å². The van der Waals surface area contributed by atoms with Crippen LogP contribution in [0.3, 0.4) is 0 Å². The predicted octanol–water partition coefficient (Wildman–Crippen LogP) is 3.56. The Labute approximate surface area is 145 Å². The molecule has 2 rings (SSSR count). The maximum absolute atomic E-state index is 11.9. The monoisotopic (exact) mass is 343 g/mol. The van der Waals surface area contributed by atoms with Crippen LogP contribution in [0.1, 0.15) is 17.5 Å². The molecule has 0 unspecified atom stereocenters. The van der Waals surface area contributed by atoms with Gasteiger partial charge < -0.3 is 10.4 Å². The van der Waals surface area contributed by atoms with E-state index in [0.29, 0.717) is 11.4 Å². The fraction of sp³-hybridized carbons (Fsp3) is 0.158. The molecular weight excluding hydrogens is 326 g/mol. The first-order valence-corrected chi connectivity index (χ1v) is 7.92. The number of allylic oxidation sites excluding steroid dienone is 1. The van der Waals surface area contributed by atoms with Gasteiger partial charge in [0.2, 0.25) is 5.91 Å². The number of carboxylic acids is 1. The Hall–Kier alpha value is -2.59. The van der Waals surface area contributed by atoms with Crippen molar-refractivity contribution in [3.8, 4) is 0 Å². The minimum absolute atomic E-state index is 0.394. The number of aliphatic carboxylic acids is 1. The lowest BCUT2D eigenvalue weighted by Gasteiger charge is -2.09. The normalized spacial score (nSPS) is 11.1. The average Bonchev–Trinajstić information content (AvgIpc) is 2.59. The highest BCUT2D eigenvalue weighted by Crippen LogP contribution is 2.21. The summed E-state index contributed by atoms with van der Waals surface area (Å²) in [7, 11) is 0. The van der Waals surface area contributed by atoms with E-state index in [4.69, 9.17) is 16.7 Å². The summed E-state index contributed by atoms with van der Waals surface area (Å²) in [6.07, 6.45) is 2.88. The molecule has 0 saturated carbocycles. The van der Waals surface area contributed by atoms with E-state index in [1.165, 1.54) is 6.08 Å². The quantitative estimate of drug-likeness (QED) is 0.755. The Bertz CT molecular complexity index is 724. The summed E-state index contributed by atoms with van der Waals surface area (Å²) in [5.41, 5.74) is 2.91. The highest BCUT2D eigenvalue weighted by molar-refractivity contribution is 6.30. The van der Waals surface area contributed by atoms with Crippen molar-refractivity contribution in [1.29, 1.82) is 0 Å². The molecule has 24 heavy (non-hydrogen) atoms. The van der Waals surface area contributed by atoms with E-state index >= 15 is 0 Å². The number of carboxylic acid groups (broad SMARTS) is 1. The number of benzene rings is 2. The summed E-state index contributed by atoms with van der Waals surface area (Å²) in [6, 6.07) is 17.2. The van der Waals surface area contributed by atoms with Crippen molar-refractivity contribution in [2.24, 2.45) is 0 Å². The lowest BCUT2D eigenvalue weighted by Crippen LogP contribution is -2.27. The van der Waals surface area contributed by atoms with Gasteiger partial charge in [0.15, 0.2) is 0 Å². The summed E-state index contributed by atoms with van der Waals surface area (Å²) in [4.78, 5) is 22.5. The third kappa shape index (κ3) is 5.89. The molecule has 0 aliphatic rings. The van der Waals surface area contributed by atoms with E-state index < -0.39 is 18.4 Å². The summed E-state index contributed by atoms with van der Waals surface area (Å²) in [5.74, 6) is -1.48. The molecule has 0 aromatic heterocycles. The number of hydrogen-bond donors (Lipinski definition) is 2. The predicted molar refractivity (Wildman–Crippen MR) is 94.8 cm³/mol. The number of nitrogens with one attached hydrogen (secondary N) is 1. The Morgan fingerprint density at radius 3 is 2.33 bits per heavy atom. The molecule has 0 aliphatic heterocycles. The van der Waals surface area contributed by atoms with Gasteiger partial charge in [0.1, 0.15) is 6.54 Å². The Balaban J connectivity index is 2.12. The topological polar surface area (TPSA) is 66.4 Å². The molecule has 2 N–H and O–H groups in total. The zero-order valence-corrected chi connectivity index (χ0v) is 13.8. The van der Waals surface area contributed by atoms with Crippen molar-refractivity contribution in [3.05, 3.63) is 76.8 Å². The van der Waals surface area contributed by atoms with Crippen molar-refractivity contribution >= 4 is 29.1 Å². The van der Waals surface area contributed by atoms with Crippen LogP contribution in [0, 0.1) is 0 Å². The SMILES string of the molecule is O=C(O)CNC(=O)/C=C(/CCc1ccc(Cl)cc1)c1ccccc1. The number of halogens is 1. The highest BCUT2D eigenvalue weighted by atomic mass is 35.5. The van der Waals surface area contributed by atoms with Crippen LogP contribution in [-0.4, -0.2) is 23.5 Å². The molecule has 0 atom stereocenters. The fourth-order valence-electron chi connectivity index (χ4n) is 2.25. The van der Waals surface area contributed by atoms with Gasteiger partial charge in [0.25, 0.3) is 0 Å². The summed E-state index contributed by atoms with van der Waals surface area (Å²) >= 11 is 5.89. The molecule has 4 nitrogen and oxygen atoms in total. The van der Waals surface area contributed by atoms with Crippen molar-refractivity contribution in [1.82, 2.24) is 5.32 Å². The van der Waals surface area contributed by atoms with E-state index in [1.807, 2.05) is 54.6 Å². The summed E-state index contributed by atoms with van der Waals surface area (Å²) in [5, 5.41) is 11.7. The molecule has 5 heteroatoms. The van der Waals surface area contributed by atoms with Crippen LogP contribution in [0.2, 0.25) is 5.02 Å². The second kappa shape index (κ2) is 8.89. The lowest BCUT2D eigenvalue weighted by molar-refractivity contribution is -0.137.